The highest BCUT2D eigenvalue weighted by Gasteiger charge is 2.51. The third-order valence-electron chi connectivity index (χ3n) is 9.52. The number of rotatable bonds is 9. The standard InChI is InChI=1S/C30H30FNO5S/c31-22-3-1-19(2-4-22)29-27(28(33)26-20-10-17-9-18(12-20)13-21(26)11-17)24-6-5-23(14-25(24)38-29)36-15-30(7-8-30)16-37-32(34)35/h1-6,14,17-18,20-21,26H,7-13,15-16H2. The average molecular weight is 536 g/mol. The summed E-state index contributed by atoms with van der Waals surface area (Å²) in [4.78, 5) is 30.5. The van der Waals surface area contributed by atoms with E-state index in [1.54, 1.807) is 23.5 Å². The normalized spacial score (nSPS) is 28.4. The summed E-state index contributed by atoms with van der Waals surface area (Å²) in [6.07, 6.45) is 7.73. The first-order chi connectivity index (χ1) is 18.4. The lowest BCUT2D eigenvalue weighted by Crippen LogP contribution is -2.48. The van der Waals surface area contributed by atoms with E-state index in [0.29, 0.717) is 24.2 Å². The van der Waals surface area contributed by atoms with E-state index in [-0.39, 0.29) is 29.5 Å². The quantitative estimate of drug-likeness (QED) is 0.163. The summed E-state index contributed by atoms with van der Waals surface area (Å²) in [5.74, 6) is 3.26. The maximum atomic E-state index is 14.4. The minimum Gasteiger partial charge on any atom is -0.493 e. The Kier molecular flexibility index (Phi) is 5.73. The highest BCUT2D eigenvalue weighted by atomic mass is 32.1. The second-order valence-corrected chi connectivity index (χ2v) is 13.1. The Bertz CT molecular complexity index is 1380. The molecular formula is C30H30FNO5S. The van der Waals surface area contributed by atoms with Crippen LogP contribution in [-0.2, 0) is 4.84 Å². The number of nitrogens with zero attached hydrogens (tertiary/aromatic N) is 1. The molecule has 6 nitrogen and oxygen atoms in total. The molecule has 0 radical (unpaired) electrons. The number of halogens is 1. The molecule has 4 bridgehead atoms. The molecule has 3 aromatic rings. The van der Waals surface area contributed by atoms with Crippen molar-refractivity contribution < 1.29 is 23.8 Å². The highest BCUT2D eigenvalue weighted by Crippen LogP contribution is 2.58. The van der Waals surface area contributed by atoms with Crippen LogP contribution in [0.5, 0.6) is 5.75 Å². The number of fused-ring (bicyclic) bond motifs is 1. The summed E-state index contributed by atoms with van der Waals surface area (Å²) >= 11 is 1.55. The Labute approximate surface area is 224 Å². The van der Waals surface area contributed by atoms with Crippen LogP contribution in [0.15, 0.2) is 42.5 Å². The van der Waals surface area contributed by atoms with Crippen LogP contribution in [0, 0.1) is 50.9 Å². The molecule has 5 aliphatic carbocycles. The van der Waals surface area contributed by atoms with E-state index in [1.165, 1.54) is 44.2 Å². The smallest absolute Gasteiger partial charge is 0.294 e. The SMILES string of the molecule is O=C(c1c(-c2ccc(F)cc2)sc2cc(OCC3(CO[N+](=O)[O-])CC3)ccc12)C1C2CC3CC(C2)CC1C3. The van der Waals surface area contributed by atoms with Gasteiger partial charge >= 0.3 is 0 Å². The fraction of sp³-hybridized carbons (Fsp3) is 0.500. The highest BCUT2D eigenvalue weighted by molar-refractivity contribution is 7.22. The Morgan fingerprint density at radius 1 is 1.00 bits per heavy atom. The number of hydrogen-bond donors (Lipinski definition) is 0. The van der Waals surface area contributed by atoms with Gasteiger partial charge in [0.05, 0.1) is 6.61 Å². The molecule has 0 aliphatic heterocycles. The predicted molar refractivity (Wildman–Crippen MR) is 142 cm³/mol. The van der Waals surface area contributed by atoms with Gasteiger partial charge in [-0.2, -0.15) is 0 Å². The van der Waals surface area contributed by atoms with E-state index >= 15 is 0 Å². The van der Waals surface area contributed by atoms with Crippen molar-refractivity contribution in [2.75, 3.05) is 13.2 Å². The summed E-state index contributed by atoms with van der Waals surface area (Å²) in [6, 6.07) is 12.3. The second-order valence-electron chi connectivity index (χ2n) is 12.1. The van der Waals surface area contributed by atoms with Crippen LogP contribution in [0.3, 0.4) is 0 Å². The molecule has 0 spiro atoms. The number of ether oxygens (including phenoxy) is 1. The molecule has 2 aromatic carbocycles. The van der Waals surface area contributed by atoms with Crippen molar-refractivity contribution in [3.63, 3.8) is 0 Å². The Hall–Kier alpha value is -3.00. The average Bonchev–Trinajstić information content (AvgIpc) is 3.57. The van der Waals surface area contributed by atoms with Gasteiger partial charge in [-0.1, -0.05) is 12.1 Å². The van der Waals surface area contributed by atoms with Crippen molar-refractivity contribution in [2.45, 2.75) is 44.9 Å². The summed E-state index contributed by atoms with van der Waals surface area (Å²) in [5.41, 5.74) is 1.33. The van der Waals surface area contributed by atoms with E-state index in [4.69, 9.17) is 4.74 Å². The van der Waals surface area contributed by atoms with Gasteiger partial charge in [0.1, 0.15) is 18.2 Å². The van der Waals surface area contributed by atoms with Crippen LogP contribution < -0.4 is 4.74 Å². The zero-order chi connectivity index (χ0) is 26.0. The molecule has 8 rings (SSSR count). The zero-order valence-electron chi connectivity index (χ0n) is 21.1. The van der Waals surface area contributed by atoms with Gasteiger partial charge in [-0.05, 0) is 105 Å². The molecule has 0 amide bonds. The molecule has 5 saturated carbocycles. The van der Waals surface area contributed by atoms with E-state index in [9.17, 15) is 19.3 Å². The predicted octanol–water partition coefficient (Wildman–Crippen LogP) is 7.33. The van der Waals surface area contributed by atoms with E-state index in [1.807, 2.05) is 18.2 Å². The third-order valence-corrected chi connectivity index (χ3v) is 10.7. The summed E-state index contributed by atoms with van der Waals surface area (Å²) in [6.45, 7) is 0.391. The monoisotopic (exact) mass is 535 g/mol. The van der Waals surface area contributed by atoms with Crippen molar-refractivity contribution >= 4 is 27.2 Å². The third kappa shape index (κ3) is 4.27. The summed E-state index contributed by atoms with van der Waals surface area (Å²) in [5, 5.41) is 10.8. The lowest BCUT2D eigenvalue weighted by Gasteiger charge is -2.53. The van der Waals surface area contributed by atoms with Crippen molar-refractivity contribution in [3.8, 4) is 16.2 Å². The van der Waals surface area contributed by atoms with Crippen LogP contribution in [0.2, 0.25) is 0 Å². The fourth-order valence-electron chi connectivity index (χ4n) is 7.67. The molecule has 5 fully saturated rings. The van der Waals surface area contributed by atoms with Crippen LogP contribution >= 0.6 is 11.3 Å². The van der Waals surface area contributed by atoms with E-state index < -0.39 is 5.09 Å². The van der Waals surface area contributed by atoms with Gasteiger partial charge in [-0.25, -0.2) is 4.39 Å². The van der Waals surface area contributed by atoms with Crippen molar-refractivity contribution in [1.82, 2.24) is 0 Å². The number of carbonyl (C=O) groups excluding carboxylic acids is 1. The van der Waals surface area contributed by atoms with Crippen LogP contribution in [0.4, 0.5) is 4.39 Å². The first kappa shape index (κ1) is 24.1. The Morgan fingerprint density at radius 2 is 1.68 bits per heavy atom. The number of Topliss-reactive ketones (excluding diaryl/α,β-unsaturated/α-hetero) is 1. The molecule has 38 heavy (non-hydrogen) atoms. The van der Waals surface area contributed by atoms with Gasteiger partial charge in [-0.3, -0.25) is 4.79 Å². The summed E-state index contributed by atoms with van der Waals surface area (Å²) in [7, 11) is 0. The van der Waals surface area contributed by atoms with Crippen molar-refractivity contribution in [2.24, 2.45) is 35.0 Å². The van der Waals surface area contributed by atoms with E-state index in [2.05, 4.69) is 4.84 Å². The first-order valence-electron chi connectivity index (χ1n) is 13.6. The fourth-order valence-corrected chi connectivity index (χ4v) is 8.91. The largest absolute Gasteiger partial charge is 0.493 e. The van der Waals surface area contributed by atoms with Gasteiger partial charge in [-0.15, -0.1) is 21.5 Å². The molecule has 1 heterocycles. The lowest BCUT2D eigenvalue weighted by molar-refractivity contribution is -0.760. The van der Waals surface area contributed by atoms with Crippen LogP contribution in [-0.4, -0.2) is 24.1 Å². The molecular weight excluding hydrogens is 505 g/mol. The van der Waals surface area contributed by atoms with Crippen LogP contribution in [0.1, 0.15) is 55.3 Å². The Morgan fingerprint density at radius 3 is 2.32 bits per heavy atom. The molecule has 1 aromatic heterocycles. The number of hydrogen-bond acceptors (Lipinski definition) is 6. The number of thiophene rings is 1. The minimum atomic E-state index is -0.753. The lowest BCUT2D eigenvalue weighted by atomic mass is 9.51. The molecule has 198 valence electrons. The first-order valence-corrected chi connectivity index (χ1v) is 14.5. The van der Waals surface area contributed by atoms with Gasteiger partial charge in [0.25, 0.3) is 5.09 Å². The van der Waals surface area contributed by atoms with Gasteiger partial charge < -0.3 is 9.57 Å². The molecule has 0 atom stereocenters. The molecule has 5 aliphatic rings. The second kappa shape index (κ2) is 9.04. The zero-order valence-corrected chi connectivity index (χ0v) is 21.9. The van der Waals surface area contributed by atoms with Gasteiger partial charge in [0.2, 0.25) is 0 Å². The van der Waals surface area contributed by atoms with Gasteiger partial charge in [0.15, 0.2) is 5.78 Å². The maximum absolute atomic E-state index is 14.4. The van der Waals surface area contributed by atoms with Crippen molar-refractivity contribution in [3.05, 3.63) is 64.0 Å². The number of carbonyl (C=O) groups is 1. The van der Waals surface area contributed by atoms with Crippen LogP contribution in [0.25, 0.3) is 20.5 Å². The molecule has 0 saturated heterocycles. The molecule has 8 heteroatoms. The molecule has 0 unspecified atom stereocenters. The van der Waals surface area contributed by atoms with Gasteiger partial charge in [0, 0.05) is 31.9 Å². The minimum absolute atomic E-state index is 0.0417. The van der Waals surface area contributed by atoms with Crippen molar-refractivity contribution in [1.29, 1.82) is 0 Å². The summed E-state index contributed by atoms with van der Waals surface area (Å²) < 4.78 is 20.8. The molecule has 0 N–H and O–H groups in total. The van der Waals surface area contributed by atoms with E-state index in [0.717, 1.165) is 50.8 Å². The maximum Gasteiger partial charge on any atom is 0.294 e. The Balaban J connectivity index is 1.22. The topological polar surface area (TPSA) is 78.7 Å². The number of benzene rings is 2. The number of ketones is 1.